The number of amides is 2. The Morgan fingerprint density at radius 2 is 1.64 bits per heavy atom. The van der Waals surface area contributed by atoms with Crippen LogP contribution in [-0.4, -0.2) is 67.1 Å². The van der Waals surface area contributed by atoms with Crippen molar-refractivity contribution in [1.29, 1.82) is 0 Å². The van der Waals surface area contributed by atoms with Crippen LogP contribution in [-0.2, 0) is 19.1 Å². The lowest BCUT2D eigenvalue weighted by atomic mass is 10.1. The van der Waals surface area contributed by atoms with Gasteiger partial charge in [-0.2, -0.15) is 0 Å². The average Bonchev–Trinajstić information content (AvgIpc) is 2.66. The number of benzene rings is 1. The second-order valence-corrected chi connectivity index (χ2v) is 6.64. The smallest absolute Gasteiger partial charge is 0.223 e. The molecule has 2 amide bonds. The predicted molar refractivity (Wildman–Crippen MR) is 92.9 cm³/mol. The summed E-state index contributed by atoms with van der Waals surface area (Å²) >= 11 is 0. The van der Waals surface area contributed by atoms with E-state index in [9.17, 15) is 9.59 Å². The quantitative estimate of drug-likeness (QED) is 0.831. The SMILES string of the molecule is C[C@H]1CN(C(=O)CCC(=O)N2CCOCC2)C[C@H](c2ccccc2)O1. The lowest BCUT2D eigenvalue weighted by molar-refractivity contribution is -0.147. The molecule has 3 rings (SSSR count). The molecule has 0 radical (unpaired) electrons. The fraction of sp³-hybridized carbons (Fsp3) is 0.579. The average molecular weight is 346 g/mol. The molecule has 2 atom stereocenters. The highest BCUT2D eigenvalue weighted by Gasteiger charge is 2.29. The Morgan fingerprint density at radius 3 is 2.32 bits per heavy atom. The molecule has 2 aliphatic rings. The Bertz CT molecular complexity index is 586. The van der Waals surface area contributed by atoms with E-state index in [2.05, 4.69) is 0 Å². The summed E-state index contributed by atoms with van der Waals surface area (Å²) in [7, 11) is 0. The fourth-order valence-corrected chi connectivity index (χ4v) is 3.35. The molecular weight excluding hydrogens is 320 g/mol. The molecule has 0 unspecified atom stereocenters. The first kappa shape index (κ1) is 17.9. The zero-order valence-corrected chi connectivity index (χ0v) is 14.7. The van der Waals surface area contributed by atoms with Crippen LogP contribution in [0.2, 0.25) is 0 Å². The largest absolute Gasteiger partial charge is 0.378 e. The normalized spacial score (nSPS) is 24.2. The van der Waals surface area contributed by atoms with E-state index in [-0.39, 0.29) is 36.9 Å². The Balaban J connectivity index is 1.53. The topological polar surface area (TPSA) is 59.1 Å². The van der Waals surface area contributed by atoms with Gasteiger partial charge in [-0.15, -0.1) is 0 Å². The maximum Gasteiger partial charge on any atom is 0.223 e. The third kappa shape index (κ3) is 4.80. The second-order valence-electron chi connectivity index (χ2n) is 6.64. The Labute approximate surface area is 148 Å². The van der Waals surface area contributed by atoms with Crippen LogP contribution >= 0.6 is 0 Å². The van der Waals surface area contributed by atoms with Crippen molar-refractivity contribution in [1.82, 2.24) is 9.80 Å². The van der Waals surface area contributed by atoms with Gasteiger partial charge in [-0.25, -0.2) is 0 Å². The summed E-state index contributed by atoms with van der Waals surface area (Å²) in [6.07, 6.45) is 0.395. The highest BCUT2D eigenvalue weighted by atomic mass is 16.5. The van der Waals surface area contributed by atoms with Crippen molar-refractivity contribution in [3.8, 4) is 0 Å². The number of ether oxygens (including phenoxy) is 2. The van der Waals surface area contributed by atoms with E-state index in [4.69, 9.17) is 9.47 Å². The van der Waals surface area contributed by atoms with E-state index in [0.29, 0.717) is 39.4 Å². The first-order chi connectivity index (χ1) is 12.1. The third-order valence-electron chi connectivity index (χ3n) is 4.70. The second kappa shape index (κ2) is 8.45. The minimum Gasteiger partial charge on any atom is -0.378 e. The molecule has 0 aliphatic carbocycles. The van der Waals surface area contributed by atoms with Crippen molar-refractivity contribution in [2.24, 2.45) is 0 Å². The van der Waals surface area contributed by atoms with Gasteiger partial charge < -0.3 is 19.3 Å². The van der Waals surface area contributed by atoms with Gasteiger partial charge in [0.1, 0.15) is 6.10 Å². The lowest BCUT2D eigenvalue weighted by Crippen LogP contribution is -2.46. The molecule has 0 N–H and O–H groups in total. The Hall–Kier alpha value is -1.92. The lowest BCUT2D eigenvalue weighted by Gasteiger charge is -2.37. The van der Waals surface area contributed by atoms with Gasteiger partial charge in [0.25, 0.3) is 0 Å². The van der Waals surface area contributed by atoms with Crippen molar-refractivity contribution in [2.45, 2.75) is 32.0 Å². The summed E-state index contributed by atoms with van der Waals surface area (Å²) in [6.45, 7) is 5.51. The van der Waals surface area contributed by atoms with Crippen molar-refractivity contribution in [2.75, 3.05) is 39.4 Å². The molecule has 0 aromatic heterocycles. The molecule has 2 saturated heterocycles. The summed E-state index contributed by atoms with van der Waals surface area (Å²) in [5, 5.41) is 0. The number of carbonyl (C=O) groups is 2. The maximum absolute atomic E-state index is 12.6. The molecule has 0 bridgehead atoms. The van der Waals surface area contributed by atoms with Crippen LogP contribution in [0.25, 0.3) is 0 Å². The molecule has 2 aliphatic heterocycles. The van der Waals surface area contributed by atoms with Gasteiger partial charge in [-0.3, -0.25) is 9.59 Å². The van der Waals surface area contributed by atoms with Crippen LogP contribution in [0, 0.1) is 0 Å². The van der Waals surface area contributed by atoms with Crippen molar-refractivity contribution < 1.29 is 19.1 Å². The van der Waals surface area contributed by atoms with Crippen LogP contribution in [0.4, 0.5) is 0 Å². The van der Waals surface area contributed by atoms with Gasteiger partial charge in [0.2, 0.25) is 11.8 Å². The summed E-state index contributed by atoms with van der Waals surface area (Å²) in [5.41, 5.74) is 1.08. The maximum atomic E-state index is 12.6. The zero-order chi connectivity index (χ0) is 17.6. The number of rotatable bonds is 4. The Morgan fingerprint density at radius 1 is 1.00 bits per heavy atom. The molecule has 2 heterocycles. The minimum atomic E-state index is -0.108. The van der Waals surface area contributed by atoms with Crippen molar-refractivity contribution in [3.05, 3.63) is 35.9 Å². The zero-order valence-electron chi connectivity index (χ0n) is 14.7. The van der Waals surface area contributed by atoms with E-state index in [0.717, 1.165) is 5.56 Å². The van der Waals surface area contributed by atoms with Crippen LogP contribution < -0.4 is 0 Å². The number of morpholine rings is 2. The van der Waals surface area contributed by atoms with Gasteiger partial charge in [0.15, 0.2) is 0 Å². The first-order valence-electron chi connectivity index (χ1n) is 8.97. The third-order valence-corrected chi connectivity index (χ3v) is 4.70. The molecule has 1 aromatic carbocycles. The first-order valence-corrected chi connectivity index (χ1v) is 8.97. The van der Waals surface area contributed by atoms with Gasteiger partial charge >= 0.3 is 0 Å². The number of hydrogen-bond acceptors (Lipinski definition) is 4. The molecule has 25 heavy (non-hydrogen) atoms. The van der Waals surface area contributed by atoms with Gasteiger partial charge in [-0.05, 0) is 12.5 Å². The van der Waals surface area contributed by atoms with Gasteiger partial charge in [0, 0.05) is 32.5 Å². The van der Waals surface area contributed by atoms with Crippen LogP contribution in [0.5, 0.6) is 0 Å². The van der Waals surface area contributed by atoms with Crippen LogP contribution in [0.1, 0.15) is 31.4 Å². The standard InChI is InChI=1S/C19H26N2O4/c1-15-13-21(14-17(25-15)16-5-3-2-4-6-16)19(23)8-7-18(22)20-9-11-24-12-10-20/h2-6,15,17H,7-14H2,1H3/t15-,17+/m0/s1. The summed E-state index contributed by atoms with van der Waals surface area (Å²) < 4.78 is 11.2. The summed E-state index contributed by atoms with van der Waals surface area (Å²) in [4.78, 5) is 28.4. The molecule has 0 saturated carbocycles. The molecule has 136 valence electrons. The van der Waals surface area contributed by atoms with E-state index in [1.54, 1.807) is 4.90 Å². The van der Waals surface area contributed by atoms with Gasteiger partial charge in [0.05, 0.1) is 25.9 Å². The van der Waals surface area contributed by atoms with Crippen LogP contribution in [0.15, 0.2) is 30.3 Å². The monoisotopic (exact) mass is 346 g/mol. The molecule has 6 nitrogen and oxygen atoms in total. The summed E-state index contributed by atoms with van der Waals surface area (Å²) in [5.74, 6) is 0.0651. The highest BCUT2D eigenvalue weighted by molar-refractivity contribution is 5.84. The van der Waals surface area contributed by atoms with E-state index < -0.39 is 0 Å². The predicted octanol–water partition coefficient (Wildman–Crippen LogP) is 1.61. The molecule has 1 aromatic rings. The van der Waals surface area contributed by atoms with Gasteiger partial charge in [-0.1, -0.05) is 30.3 Å². The molecule has 0 spiro atoms. The van der Waals surface area contributed by atoms with E-state index in [1.165, 1.54) is 0 Å². The summed E-state index contributed by atoms with van der Waals surface area (Å²) in [6, 6.07) is 9.97. The van der Waals surface area contributed by atoms with Crippen molar-refractivity contribution in [3.63, 3.8) is 0 Å². The number of hydrogen-bond donors (Lipinski definition) is 0. The van der Waals surface area contributed by atoms with Crippen LogP contribution in [0.3, 0.4) is 0 Å². The van der Waals surface area contributed by atoms with E-state index in [1.807, 2.05) is 42.2 Å². The number of nitrogens with zero attached hydrogens (tertiary/aromatic N) is 2. The molecular formula is C19H26N2O4. The molecule has 2 fully saturated rings. The fourth-order valence-electron chi connectivity index (χ4n) is 3.35. The highest BCUT2D eigenvalue weighted by Crippen LogP contribution is 2.25. The molecule has 6 heteroatoms. The van der Waals surface area contributed by atoms with Crippen molar-refractivity contribution >= 4 is 11.8 Å². The Kier molecular flexibility index (Phi) is 6.04. The minimum absolute atomic E-state index is 0.0159. The number of carbonyl (C=O) groups excluding carboxylic acids is 2. The van der Waals surface area contributed by atoms with E-state index >= 15 is 0 Å².